The van der Waals surface area contributed by atoms with Crippen LogP contribution < -0.4 is 57.5 Å². The summed E-state index contributed by atoms with van der Waals surface area (Å²) in [6.07, 6.45) is 8.37. The number of fused-ring (bicyclic) bond motifs is 1. The Morgan fingerprint density at radius 2 is 0.855 bits per heavy atom. The smallest absolute Gasteiger partial charge is 0.266 e. The molecule has 1 aliphatic rings. The maximum Gasteiger partial charge on any atom is 0.266 e. The summed E-state index contributed by atoms with van der Waals surface area (Å²) >= 11 is 8.08. The van der Waals surface area contributed by atoms with Gasteiger partial charge in [0.15, 0.2) is 62.6 Å². The van der Waals surface area contributed by atoms with Crippen molar-refractivity contribution in [3.8, 4) is 51.9 Å². The van der Waals surface area contributed by atoms with Crippen molar-refractivity contribution in [2.75, 3.05) is 79.1 Å². The zero-order valence-corrected chi connectivity index (χ0v) is 80.7. The molecule has 0 spiro atoms. The number of phenolic OH excluding ortho intramolecular Hbond substituents is 1. The monoisotopic (exact) mass is 1950 g/mol. The summed E-state index contributed by atoms with van der Waals surface area (Å²) in [7, 11) is 0. The lowest BCUT2D eigenvalue weighted by molar-refractivity contribution is -0.134. The van der Waals surface area contributed by atoms with Gasteiger partial charge in [-0.3, -0.25) is 38.7 Å². The fourth-order valence-electron chi connectivity index (χ4n) is 12.9. The third kappa shape index (κ3) is 33.7. The van der Waals surface area contributed by atoms with E-state index in [1.165, 1.54) is 30.3 Å². The molecule has 0 fully saturated rings. The van der Waals surface area contributed by atoms with Crippen LogP contribution in [0.25, 0.3) is 0 Å². The first-order chi connectivity index (χ1) is 67.3. The number of furan rings is 1. The minimum absolute atomic E-state index is 0.0230. The highest BCUT2D eigenvalue weighted by Crippen LogP contribution is 2.36. The lowest BCUT2D eigenvalue weighted by Crippen LogP contribution is -2.35. The van der Waals surface area contributed by atoms with Crippen LogP contribution in [0.1, 0.15) is 61.4 Å². The first-order valence-corrected chi connectivity index (χ1v) is 48.4. The van der Waals surface area contributed by atoms with Gasteiger partial charge in [0.25, 0.3) is 35.4 Å². The molecule has 0 radical (unpaired) electrons. The molecule has 0 saturated carbocycles. The summed E-state index contributed by atoms with van der Waals surface area (Å²) in [6.45, 7) is 14.1. The summed E-state index contributed by atoms with van der Waals surface area (Å²) in [4.78, 5) is 102. The summed E-state index contributed by atoms with van der Waals surface area (Å²) < 4.78 is 61.8. The van der Waals surface area contributed by atoms with Gasteiger partial charge in [0.2, 0.25) is 12.7 Å². The predicted octanol–water partition coefficient (Wildman–Crippen LogP) is 22.0. The van der Waals surface area contributed by atoms with E-state index in [9.17, 15) is 38.3 Å². The number of aryl methyl sites for hydroxylation is 3. The van der Waals surface area contributed by atoms with E-state index in [-0.39, 0.29) is 93.4 Å². The second kappa shape index (κ2) is 54.9. The maximum absolute atomic E-state index is 12.8. The van der Waals surface area contributed by atoms with Crippen LogP contribution in [0.2, 0.25) is 0 Å². The van der Waals surface area contributed by atoms with Crippen LogP contribution in [-0.4, -0.2) is 125 Å². The Morgan fingerprint density at radius 1 is 0.384 bits per heavy atom. The molecule has 710 valence electrons. The number of para-hydroxylation sites is 4. The number of carbonyl (C=O) groups excluding carboxylic acids is 6. The molecule has 1 aliphatic heterocycles. The minimum atomic E-state index is -0.323. The molecule has 0 aliphatic carbocycles. The summed E-state index contributed by atoms with van der Waals surface area (Å²) in [5.41, 5.74) is 6.86. The molecule has 25 nitrogen and oxygen atoms in total. The Kier molecular flexibility index (Phi) is 40.5. The third-order valence-electron chi connectivity index (χ3n) is 20.2. The Hall–Kier alpha value is -15.3. The Morgan fingerprint density at radius 3 is 1.34 bits per heavy atom. The number of rotatable bonds is 36. The van der Waals surface area contributed by atoms with Gasteiger partial charge in [-0.2, -0.15) is 11.3 Å². The highest BCUT2D eigenvalue weighted by molar-refractivity contribution is 7.10. The standard InChI is InChI=1S/C19H16N2O4S.2C19H18N2O2S.C19H17NO3S.C16H19NO3.C15H16FNO2S/c22-19(12-23-15-5-6-17-18(9-15)25-13-24-17)21(11-16-4-2-8-26-16)14-3-1-7-20-10-14;1-15-5-7-17(8-6-15)23-13-19(22)21(12-16-9-11-24-14-16)18-4-2-3-10-20-18;1-15-9-10-18(20-12-15)23-14-19(22)21(13-17-8-5-11-24-17)16-6-3-2-4-7-16;21-17-10-4-5-11-18(17)23-14-19(22)20(13-16-9-6-12-24-16)15-7-2-1-3-8-15;1-3-17(11-15-5-4-10-19-15)16(18)12-20-14-8-6-13(2)7-9-14;1-2-17(10-14-4-3-9-20-14)15(18)11-19-13-7-5-12(16)6-8-13/h1-10H,11-13H2;2-11,14H,12-13H2,1H3;2-12H,13-14H2,1H3;1-12,21H,13-14H2;4-10H,3,11-12H2,1-2H3;3-9H,2,10-11H2,1H3. The molecule has 7 aromatic carbocycles. The fourth-order valence-corrected chi connectivity index (χ4v) is 16.4. The summed E-state index contributed by atoms with van der Waals surface area (Å²) in [5, 5.41) is 21.7. The van der Waals surface area contributed by atoms with Crippen molar-refractivity contribution in [1.29, 1.82) is 0 Å². The first kappa shape index (κ1) is 102. The second-order valence-corrected chi connectivity index (χ2v) is 35.2. The van der Waals surface area contributed by atoms with Crippen molar-refractivity contribution >= 4 is 115 Å². The second-order valence-electron chi connectivity index (χ2n) is 30.3. The highest BCUT2D eigenvalue weighted by atomic mass is 32.1. The van der Waals surface area contributed by atoms with Gasteiger partial charge in [0.1, 0.15) is 40.4 Å². The molecule has 9 aromatic heterocycles. The molecule has 138 heavy (non-hydrogen) atoms. The number of ether oxygens (including phenoxy) is 8. The third-order valence-corrected chi connectivity index (χ3v) is 24.4. The van der Waals surface area contributed by atoms with Crippen molar-refractivity contribution in [3.05, 3.63) is 402 Å². The van der Waals surface area contributed by atoms with Gasteiger partial charge in [-0.05, 0) is 242 Å². The van der Waals surface area contributed by atoms with Gasteiger partial charge in [-0.1, -0.05) is 120 Å². The van der Waals surface area contributed by atoms with Gasteiger partial charge in [0.05, 0.1) is 57.4 Å². The molecule has 31 heteroatoms. The van der Waals surface area contributed by atoms with E-state index in [1.54, 1.807) is 160 Å². The van der Waals surface area contributed by atoms with Crippen molar-refractivity contribution < 1.29 is 80.6 Å². The average Bonchev–Trinajstić information content (AvgIpc) is 1.61. The van der Waals surface area contributed by atoms with Crippen LogP contribution >= 0.6 is 56.7 Å². The number of aromatic nitrogens is 3. The van der Waals surface area contributed by atoms with Gasteiger partial charge >= 0.3 is 0 Å². The van der Waals surface area contributed by atoms with E-state index < -0.39 is 0 Å². The first-order valence-electron chi connectivity index (χ1n) is 43.9. The van der Waals surface area contributed by atoms with Crippen molar-refractivity contribution in [2.45, 2.75) is 73.9 Å². The predicted molar refractivity (Wildman–Crippen MR) is 540 cm³/mol. The van der Waals surface area contributed by atoms with Crippen LogP contribution in [-0.2, 0) is 68.0 Å². The van der Waals surface area contributed by atoms with Crippen molar-refractivity contribution in [1.82, 2.24) is 24.8 Å². The fraction of sp³-hybridized carbons (Fsp3) is 0.187. The molecule has 0 saturated heterocycles. The Labute approximate surface area is 821 Å². The number of hydrogen-bond donors (Lipinski definition) is 1. The number of nitrogens with zero attached hydrogens (tertiary/aromatic N) is 9. The molecule has 0 unspecified atom stereocenters. The van der Waals surface area contributed by atoms with Crippen LogP contribution in [0.15, 0.2) is 353 Å². The molecular weight excluding hydrogens is 1850 g/mol. The van der Waals surface area contributed by atoms with E-state index in [1.807, 2.05) is 279 Å². The number of likely N-dealkylation sites (N-methyl/N-ethyl adjacent to an activating group) is 2. The quantitative estimate of drug-likeness (QED) is 0.0382. The summed E-state index contributed by atoms with van der Waals surface area (Å²) in [6, 6.07) is 86.4. The number of phenols is 1. The van der Waals surface area contributed by atoms with Crippen molar-refractivity contribution in [2.24, 2.45) is 0 Å². The molecule has 6 amide bonds. The SMILES string of the molecule is CCN(Cc1ccco1)C(=O)COc1ccc(C)cc1.CCN(Cc1cccs1)C(=O)COc1ccc(F)cc1.Cc1ccc(OCC(=O)N(Cc2cccs2)c2ccccc2)nc1.Cc1ccc(OCC(=O)N(Cc2ccsc2)c2ccccn2)cc1.O=C(COc1ccc2c(c1)OCO2)N(Cc1cccs1)c1cccnc1.O=C(COc1ccccc1O)N(Cc1cccs1)c1ccccc1. The van der Waals surface area contributed by atoms with E-state index >= 15 is 0 Å². The number of benzene rings is 7. The summed E-state index contributed by atoms with van der Waals surface area (Å²) in [5.74, 6) is 4.93. The number of halogens is 1. The van der Waals surface area contributed by atoms with Gasteiger partial charge in [-0.25, -0.2) is 14.4 Å². The van der Waals surface area contributed by atoms with Gasteiger partial charge < -0.3 is 71.9 Å². The number of anilines is 4. The average molecular weight is 1950 g/mol. The molecule has 1 N–H and O–H groups in total. The Bertz CT molecular complexity index is 6010. The molecule has 16 aromatic rings. The lowest BCUT2D eigenvalue weighted by Gasteiger charge is -2.22. The number of pyridine rings is 3. The molecule has 10 heterocycles. The topological polar surface area (TPSA) is 268 Å². The van der Waals surface area contributed by atoms with Crippen molar-refractivity contribution in [3.63, 3.8) is 0 Å². The van der Waals surface area contributed by atoms with Crippen LogP contribution in [0, 0.1) is 26.6 Å². The van der Waals surface area contributed by atoms with Gasteiger partial charge in [0, 0.05) is 74.7 Å². The van der Waals surface area contributed by atoms with E-state index in [0.29, 0.717) is 104 Å². The van der Waals surface area contributed by atoms with E-state index in [2.05, 4.69) is 15.0 Å². The number of aromatic hydroxyl groups is 1. The molecular formula is C107H104FN9O16S5. The number of carbonyl (C=O) groups is 6. The zero-order chi connectivity index (χ0) is 96.8. The van der Waals surface area contributed by atoms with Crippen LogP contribution in [0.4, 0.5) is 27.3 Å². The molecule has 0 atom stereocenters. The van der Waals surface area contributed by atoms with E-state index in [0.717, 1.165) is 64.6 Å². The maximum atomic E-state index is 12.8. The normalized spacial score (nSPS) is 10.7. The molecule has 0 bridgehead atoms. The van der Waals surface area contributed by atoms with Crippen LogP contribution in [0.3, 0.4) is 0 Å². The van der Waals surface area contributed by atoms with Crippen LogP contribution in [0.5, 0.6) is 51.9 Å². The highest BCUT2D eigenvalue weighted by Gasteiger charge is 2.25. The zero-order valence-electron chi connectivity index (χ0n) is 76.6. The largest absolute Gasteiger partial charge is 0.504 e. The minimum Gasteiger partial charge on any atom is -0.504 e. The Balaban J connectivity index is 0.000000149. The molecule has 17 rings (SSSR count). The number of thiophene rings is 5. The number of amides is 6. The number of hydrogen-bond acceptors (Lipinski definition) is 24. The van der Waals surface area contributed by atoms with E-state index in [4.69, 9.17) is 42.3 Å². The lowest BCUT2D eigenvalue weighted by atomic mass is 10.2. The van der Waals surface area contributed by atoms with Gasteiger partial charge in [-0.15, -0.1) is 45.3 Å².